The Morgan fingerprint density at radius 3 is 1.41 bits per heavy atom. The Kier molecular flexibility index (Phi) is 27.3. The number of esters is 4. The fourth-order valence-corrected chi connectivity index (χ4v) is 6.56. The summed E-state index contributed by atoms with van der Waals surface area (Å²) < 4.78 is 51.8. The smallest absolute Gasteiger partial charge is 0.466 e. The summed E-state index contributed by atoms with van der Waals surface area (Å²) in [6.07, 6.45) is 3.12. The molecule has 412 valence electrons. The first-order valence-corrected chi connectivity index (χ1v) is 24.0. The van der Waals surface area contributed by atoms with Crippen LogP contribution in [0.25, 0.3) is 0 Å². The Morgan fingerprint density at radius 2 is 0.987 bits per heavy atom. The molecule has 1 fully saturated rings. The molecule has 5 rings (SSSR count). The molecular weight excluding hydrogens is 989 g/mol. The van der Waals surface area contributed by atoms with E-state index in [-0.39, 0.29) is 84.5 Å². The van der Waals surface area contributed by atoms with Crippen LogP contribution in [0.4, 0.5) is 14.4 Å². The van der Waals surface area contributed by atoms with Gasteiger partial charge in [0.2, 0.25) is 0 Å². The minimum absolute atomic E-state index is 0.0129. The highest BCUT2D eigenvalue weighted by Crippen LogP contribution is 2.35. The maximum absolute atomic E-state index is 13.0. The molecule has 0 bridgehead atoms. The first-order chi connectivity index (χ1) is 35.8. The lowest BCUT2D eigenvalue weighted by atomic mass is 9.83. The summed E-state index contributed by atoms with van der Waals surface area (Å²) in [5, 5.41) is 34.3. The van der Waals surface area contributed by atoms with Crippen LogP contribution in [0, 0.1) is 10.8 Å². The van der Waals surface area contributed by atoms with Crippen LogP contribution >= 0.6 is 0 Å². The number of hydrogen-bond donors (Lipinski definition) is 2. The standard InChI is InChI=1S/C29H39N3O12.C17H23N3O4.C4H6O3/c1-21(33)38-12-8-14-41-27(36)43-17-16-40-26(35)29(3,4)18-25(23-10-6-5-7-11-23)32-19-24(30-31-32)20-44-28(37)42-15-9-13-39-22(2)34;1-17(2,16(23)24-9-8-21)10-15(13-6-4-3-5-7-13)20-11-14(12-22)18-19-20;5-4-6-2-1-3-7-4/h5-7,10-11,19,25H,8-9,12-18,20H2,1-4H3;3-7,11,15,21-22H,8-10,12H2,1-2H3;1-3H2. The van der Waals surface area contributed by atoms with Crippen molar-refractivity contribution < 1.29 is 91.1 Å². The zero-order valence-electron chi connectivity index (χ0n) is 43.1. The summed E-state index contributed by atoms with van der Waals surface area (Å²) in [4.78, 5) is 80.3. The first kappa shape index (κ1) is 61.6. The number of rotatable bonds is 26. The van der Waals surface area contributed by atoms with Gasteiger partial charge in [-0.2, -0.15) is 0 Å². The van der Waals surface area contributed by atoms with Crippen LogP contribution in [0.3, 0.4) is 0 Å². The molecule has 0 spiro atoms. The van der Waals surface area contributed by atoms with Crippen molar-refractivity contribution in [2.75, 3.05) is 66.1 Å². The molecular formula is C50H68N6O19. The molecule has 1 aliphatic heterocycles. The molecule has 0 saturated carbocycles. The third-order valence-corrected chi connectivity index (χ3v) is 10.4. The maximum atomic E-state index is 13.0. The molecule has 2 unspecified atom stereocenters. The van der Waals surface area contributed by atoms with E-state index < -0.39 is 53.2 Å². The van der Waals surface area contributed by atoms with Gasteiger partial charge >= 0.3 is 42.3 Å². The number of benzene rings is 2. The van der Waals surface area contributed by atoms with E-state index in [0.29, 0.717) is 43.9 Å². The Morgan fingerprint density at radius 1 is 0.573 bits per heavy atom. The molecule has 0 aliphatic carbocycles. The Bertz CT molecular complexity index is 2350. The quantitative estimate of drug-likeness (QED) is 0.0452. The summed E-state index contributed by atoms with van der Waals surface area (Å²) >= 11 is 0. The summed E-state index contributed by atoms with van der Waals surface area (Å²) in [7, 11) is 0. The summed E-state index contributed by atoms with van der Waals surface area (Å²) in [6.45, 7) is 9.96. The fraction of sp³-hybridized carbons (Fsp3) is 0.540. The Hall–Kier alpha value is -7.67. The first-order valence-electron chi connectivity index (χ1n) is 24.0. The lowest BCUT2D eigenvalue weighted by Gasteiger charge is -2.28. The van der Waals surface area contributed by atoms with E-state index in [1.54, 1.807) is 49.5 Å². The summed E-state index contributed by atoms with van der Waals surface area (Å²) in [5.41, 5.74) is 0.903. The van der Waals surface area contributed by atoms with Gasteiger partial charge in [0.15, 0.2) is 0 Å². The molecule has 1 saturated heterocycles. The van der Waals surface area contributed by atoms with Gasteiger partial charge in [-0.25, -0.2) is 23.7 Å². The third kappa shape index (κ3) is 24.3. The van der Waals surface area contributed by atoms with E-state index in [0.717, 1.165) is 17.5 Å². The second kappa shape index (κ2) is 33.2. The lowest BCUT2D eigenvalue weighted by molar-refractivity contribution is -0.156. The summed E-state index contributed by atoms with van der Waals surface area (Å²) in [6, 6.07) is 18.4. The van der Waals surface area contributed by atoms with Crippen molar-refractivity contribution in [2.24, 2.45) is 10.8 Å². The van der Waals surface area contributed by atoms with Gasteiger partial charge in [-0.05, 0) is 51.7 Å². The Labute approximate surface area is 433 Å². The average molecular weight is 1060 g/mol. The molecule has 4 aromatic rings. The zero-order valence-corrected chi connectivity index (χ0v) is 43.1. The van der Waals surface area contributed by atoms with E-state index in [2.05, 4.69) is 30.1 Å². The second-order valence-corrected chi connectivity index (χ2v) is 17.6. The van der Waals surface area contributed by atoms with Gasteiger partial charge in [0.1, 0.15) is 37.8 Å². The molecule has 2 aromatic carbocycles. The monoisotopic (exact) mass is 1060 g/mol. The summed E-state index contributed by atoms with van der Waals surface area (Å²) in [5.74, 6) is -1.73. The maximum Gasteiger partial charge on any atom is 0.508 e. The number of carbonyl (C=O) groups excluding carboxylic acids is 7. The van der Waals surface area contributed by atoms with E-state index in [9.17, 15) is 38.7 Å². The molecule has 3 heterocycles. The number of ether oxygens (including phenoxy) is 10. The predicted octanol–water partition coefficient (Wildman–Crippen LogP) is 5.39. The number of aromatic nitrogens is 6. The lowest BCUT2D eigenvalue weighted by Crippen LogP contribution is -2.31. The Balaban J connectivity index is 0.000000394. The molecule has 0 amide bonds. The van der Waals surface area contributed by atoms with E-state index in [1.165, 1.54) is 13.8 Å². The van der Waals surface area contributed by atoms with Crippen LogP contribution in [0.5, 0.6) is 0 Å². The van der Waals surface area contributed by atoms with Gasteiger partial charge in [-0.3, -0.25) is 19.2 Å². The largest absolute Gasteiger partial charge is 0.508 e. The number of aliphatic hydroxyl groups excluding tert-OH is 2. The van der Waals surface area contributed by atoms with Crippen LogP contribution in [-0.2, 0) is 79.8 Å². The fourth-order valence-electron chi connectivity index (χ4n) is 6.56. The molecule has 25 nitrogen and oxygen atoms in total. The van der Waals surface area contributed by atoms with Crippen molar-refractivity contribution in [3.8, 4) is 0 Å². The van der Waals surface area contributed by atoms with E-state index in [4.69, 9.17) is 43.0 Å². The number of cyclic esters (lactones) is 2. The van der Waals surface area contributed by atoms with Crippen molar-refractivity contribution in [1.82, 2.24) is 30.0 Å². The van der Waals surface area contributed by atoms with E-state index >= 15 is 0 Å². The molecule has 2 aromatic heterocycles. The average Bonchev–Trinajstić information content (AvgIpc) is 4.08. The molecule has 25 heteroatoms. The van der Waals surface area contributed by atoms with Crippen LogP contribution in [-0.4, -0.2) is 149 Å². The van der Waals surface area contributed by atoms with Gasteiger partial charge in [-0.1, -0.05) is 71.1 Å². The number of carbonyl (C=O) groups is 7. The van der Waals surface area contributed by atoms with Crippen molar-refractivity contribution in [2.45, 2.75) is 98.9 Å². The van der Waals surface area contributed by atoms with Crippen LogP contribution in [0.1, 0.15) is 108 Å². The molecule has 2 atom stereocenters. The number of aliphatic hydroxyl groups is 2. The van der Waals surface area contributed by atoms with Gasteiger partial charge in [-0.15, -0.1) is 10.2 Å². The van der Waals surface area contributed by atoms with Gasteiger partial charge in [0, 0.05) is 33.1 Å². The third-order valence-electron chi connectivity index (χ3n) is 10.4. The molecule has 0 radical (unpaired) electrons. The SMILES string of the molecule is CC(=O)OCCCOC(=O)OCCOC(=O)C(C)(C)CC(c1ccccc1)n1cc(COC(=O)OCCCOC(C)=O)nn1.CC(C)(CC(c1ccccc1)n1cc(CO)nn1)C(=O)OCCO.O=C1OCCCO1. The predicted molar refractivity (Wildman–Crippen MR) is 259 cm³/mol. The molecule has 1 aliphatic rings. The van der Waals surface area contributed by atoms with Gasteiger partial charge in [0.05, 0.1) is 88.2 Å². The van der Waals surface area contributed by atoms with Crippen molar-refractivity contribution in [3.63, 3.8) is 0 Å². The zero-order chi connectivity index (χ0) is 55.1. The number of hydrogen-bond acceptors (Lipinski definition) is 23. The number of nitrogens with zero attached hydrogens (tertiary/aromatic N) is 6. The van der Waals surface area contributed by atoms with Gasteiger partial charge in [0.25, 0.3) is 0 Å². The van der Waals surface area contributed by atoms with Crippen molar-refractivity contribution in [3.05, 3.63) is 95.6 Å². The van der Waals surface area contributed by atoms with Crippen LogP contribution < -0.4 is 0 Å². The minimum atomic E-state index is -0.990. The minimum Gasteiger partial charge on any atom is -0.466 e. The highest BCUT2D eigenvalue weighted by atomic mass is 16.7. The molecule has 2 N–H and O–H groups in total. The topological polar surface area (TPSA) is 314 Å². The second-order valence-electron chi connectivity index (χ2n) is 17.6. The normalized spacial score (nSPS) is 12.8. The molecule has 75 heavy (non-hydrogen) atoms. The van der Waals surface area contributed by atoms with Crippen molar-refractivity contribution in [1.29, 1.82) is 0 Å². The van der Waals surface area contributed by atoms with E-state index in [1.807, 2.05) is 60.7 Å². The van der Waals surface area contributed by atoms with Gasteiger partial charge < -0.3 is 57.6 Å². The van der Waals surface area contributed by atoms with Crippen molar-refractivity contribution >= 4 is 42.3 Å². The highest BCUT2D eigenvalue weighted by Gasteiger charge is 2.36. The highest BCUT2D eigenvalue weighted by molar-refractivity contribution is 5.76. The van der Waals surface area contributed by atoms with Crippen LogP contribution in [0.2, 0.25) is 0 Å². The van der Waals surface area contributed by atoms with Crippen LogP contribution in [0.15, 0.2) is 73.1 Å².